The highest BCUT2D eigenvalue weighted by molar-refractivity contribution is 5.87. The second-order valence-electron chi connectivity index (χ2n) is 8.49. The summed E-state index contributed by atoms with van der Waals surface area (Å²) in [7, 11) is 1.74. The number of aromatic hydroxyl groups is 2. The van der Waals surface area contributed by atoms with E-state index < -0.39 is 6.04 Å². The first kappa shape index (κ1) is 21.0. The molecule has 2 atom stereocenters. The van der Waals surface area contributed by atoms with Crippen LogP contribution in [-0.4, -0.2) is 51.6 Å². The number of carbonyl (C=O) groups is 2. The molecule has 164 valence electrons. The lowest BCUT2D eigenvalue weighted by atomic mass is 9.87. The van der Waals surface area contributed by atoms with Gasteiger partial charge in [-0.2, -0.15) is 0 Å². The molecular formula is C24H29N3O4. The Kier molecular flexibility index (Phi) is 6.02. The lowest BCUT2D eigenvalue weighted by molar-refractivity contribution is -0.134. The molecule has 0 aromatic heterocycles. The summed E-state index contributed by atoms with van der Waals surface area (Å²) in [5, 5.41) is 22.3. The van der Waals surface area contributed by atoms with Crippen molar-refractivity contribution in [2.75, 3.05) is 13.6 Å². The van der Waals surface area contributed by atoms with Crippen molar-refractivity contribution in [3.05, 3.63) is 59.2 Å². The fraction of sp³-hybridized carbons (Fsp3) is 0.417. The van der Waals surface area contributed by atoms with Crippen LogP contribution in [0.15, 0.2) is 42.5 Å². The van der Waals surface area contributed by atoms with Gasteiger partial charge in [0.1, 0.15) is 17.5 Å². The SMILES string of the molecule is CN(Cc1ccc(O)cc1)C(=O)[C@H]1CCCN1C(=O)N[C@@H]1CCCc2cc(O)ccc21. The Labute approximate surface area is 182 Å². The number of hydrogen-bond acceptors (Lipinski definition) is 4. The zero-order valence-corrected chi connectivity index (χ0v) is 17.8. The first-order chi connectivity index (χ1) is 14.9. The average Bonchev–Trinajstić information content (AvgIpc) is 3.24. The molecule has 31 heavy (non-hydrogen) atoms. The quantitative estimate of drug-likeness (QED) is 0.703. The number of likely N-dealkylation sites (tertiary alicyclic amines) is 1. The zero-order valence-electron chi connectivity index (χ0n) is 17.8. The third-order valence-corrected chi connectivity index (χ3v) is 6.27. The van der Waals surface area contributed by atoms with E-state index in [1.54, 1.807) is 53.2 Å². The van der Waals surface area contributed by atoms with Gasteiger partial charge < -0.3 is 25.3 Å². The van der Waals surface area contributed by atoms with E-state index in [2.05, 4.69) is 5.32 Å². The van der Waals surface area contributed by atoms with Crippen molar-refractivity contribution >= 4 is 11.9 Å². The highest BCUT2D eigenvalue weighted by atomic mass is 16.3. The molecule has 3 N–H and O–H groups in total. The summed E-state index contributed by atoms with van der Waals surface area (Å²) >= 11 is 0. The molecule has 1 aliphatic carbocycles. The molecular weight excluding hydrogens is 394 g/mol. The van der Waals surface area contributed by atoms with Crippen molar-refractivity contribution < 1.29 is 19.8 Å². The number of fused-ring (bicyclic) bond motifs is 1. The molecule has 2 aliphatic rings. The van der Waals surface area contributed by atoms with Crippen molar-refractivity contribution in [2.24, 2.45) is 0 Å². The standard InChI is InChI=1S/C24H29N3O4/c1-26(15-16-7-9-18(28)10-8-16)23(30)22-6-3-13-27(22)24(31)25-21-5-2-4-17-14-19(29)11-12-20(17)21/h7-12,14,21-22,28-29H,2-6,13,15H2,1H3,(H,25,31)/t21-,22-/m1/s1. The predicted octanol–water partition coefficient (Wildman–Crippen LogP) is 3.31. The van der Waals surface area contributed by atoms with Crippen LogP contribution in [0.25, 0.3) is 0 Å². The molecule has 1 aliphatic heterocycles. The number of amides is 3. The summed E-state index contributed by atoms with van der Waals surface area (Å²) in [6, 6.07) is 11.3. The van der Waals surface area contributed by atoms with Crippen molar-refractivity contribution in [3.63, 3.8) is 0 Å². The second kappa shape index (κ2) is 8.88. The van der Waals surface area contributed by atoms with Crippen molar-refractivity contribution in [1.29, 1.82) is 0 Å². The van der Waals surface area contributed by atoms with E-state index in [1.165, 1.54) is 0 Å². The fourth-order valence-electron chi connectivity index (χ4n) is 4.66. The monoisotopic (exact) mass is 423 g/mol. The maximum atomic E-state index is 13.1. The smallest absolute Gasteiger partial charge is 0.318 e. The number of benzene rings is 2. The normalized spacial score (nSPS) is 20.2. The van der Waals surface area contributed by atoms with E-state index in [0.717, 1.165) is 42.4 Å². The Morgan fingerprint density at radius 1 is 1.06 bits per heavy atom. The number of hydrogen-bond donors (Lipinski definition) is 3. The molecule has 0 spiro atoms. The van der Waals surface area contributed by atoms with Gasteiger partial charge in [-0.1, -0.05) is 18.2 Å². The summed E-state index contributed by atoms with van der Waals surface area (Å²) in [6.45, 7) is 0.981. The molecule has 0 unspecified atom stereocenters. The third kappa shape index (κ3) is 4.60. The van der Waals surface area contributed by atoms with E-state index in [-0.39, 0.29) is 29.5 Å². The van der Waals surface area contributed by atoms with Gasteiger partial charge in [-0.3, -0.25) is 4.79 Å². The maximum absolute atomic E-state index is 13.1. The minimum atomic E-state index is -0.468. The summed E-state index contributed by atoms with van der Waals surface area (Å²) in [4.78, 5) is 29.5. The number of rotatable bonds is 4. The number of nitrogens with zero attached hydrogens (tertiary/aromatic N) is 2. The second-order valence-corrected chi connectivity index (χ2v) is 8.49. The van der Waals surface area contributed by atoms with Crippen LogP contribution in [0.1, 0.15) is 48.4 Å². The largest absolute Gasteiger partial charge is 0.508 e. The van der Waals surface area contributed by atoms with Gasteiger partial charge in [-0.15, -0.1) is 0 Å². The van der Waals surface area contributed by atoms with Gasteiger partial charge in [0.05, 0.1) is 6.04 Å². The van der Waals surface area contributed by atoms with Crippen molar-refractivity contribution in [3.8, 4) is 11.5 Å². The average molecular weight is 424 g/mol. The van der Waals surface area contributed by atoms with Gasteiger partial charge in [0, 0.05) is 20.1 Å². The number of carbonyl (C=O) groups excluding carboxylic acids is 2. The van der Waals surface area contributed by atoms with Crippen LogP contribution in [0.3, 0.4) is 0 Å². The Hall–Kier alpha value is -3.22. The molecule has 0 bridgehead atoms. The molecule has 7 heteroatoms. The summed E-state index contributed by atoms with van der Waals surface area (Å²) in [5.74, 6) is 0.359. The number of likely N-dealkylation sites (N-methyl/N-ethyl adjacent to an activating group) is 1. The molecule has 3 amide bonds. The van der Waals surface area contributed by atoms with Gasteiger partial charge in [-0.25, -0.2) is 4.79 Å². The molecule has 2 aromatic carbocycles. The first-order valence-electron chi connectivity index (χ1n) is 10.8. The highest BCUT2D eigenvalue weighted by Gasteiger charge is 2.36. The van der Waals surface area contributed by atoms with Gasteiger partial charge in [0.15, 0.2) is 0 Å². The van der Waals surface area contributed by atoms with Crippen LogP contribution in [-0.2, 0) is 17.8 Å². The number of urea groups is 1. The van der Waals surface area contributed by atoms with E-state index in [1.807, 2.05) is 6.07 Å². The Bertz CT molecular complexity index is 960. The number of nitrogens with one attached hydrogen (secondary N) is 1. The van der Waals surface area contributed by atoms with E-state index in [0.29, 0.717) is 19.5 Å². The molecule has 7 nitrogen and oxygen atoms in total. The van der Waals surface area contributed by atoms with Crippen LogP contribution in [0.5, 0.6) is 11.5 Å². The first-order valence-corrected chi connectivity index (χ1v) is 10.8. The van der Waals surface area contributed by atoms with Gasteiger partial charge in [0.25, 0.3) is 0 Å². The lowest BCUT2D eigenvalue weighted by Gasteiger charge is -2.32. The Morgan fingerprint density at radius 3 is 2.58 bits per heavy atom. The molecule has 1 fully saturated rings. The lowest BCUT2D eigenvalue weighted by Crippen LogP contribution is -2.50. The molecule has 4 rings (SSSR count). The van der Waals surface area contributed by atoms with Crippen molar-refractivity contribution in [2.45, 2.75) is 50.7 Å². The van der Waals surface area contributed by atoms with Crippen LogP contribution in [0, 0.1) is 0 Å². The molecule has 0 radical (unpaired) electrons. The summed E-state index contributed by atoms with van der Waals surface area (Å²) < 4.78 is 0. The third-order valence-electron chi connectivity index (χ3n) is 6.27. The summed E-state index contributed by atoms with van der Waals surface area (Å²) in [6.07, 6.45) is 4.13. The van der Waals surface area contributed by atoms with Crippen LogP contribution in [0.4, 0.5) is 4.79 Å². The van der Waals surface area contributed by atoms with Gasteiger partial charge in [-0.05, 0) is 73.1 Å². The Balaban J connectivity index is 1.41. The fourth-order valence-corrected chi connectivity index (χ4v) is 4.66. The topological polar surface area (TPSA) is 93.1 Å². The zero-order chi connectivity index (χ0) is 22.0. The minimum absolute atomic E-state index is 0.0744. The van der Waals surface area contributed by atoms with Crippen LogP contribution >= 0.6 is 0 Å². The van der Waals surface area contributed by atoms with Gasteiger partial charge >= 0.3 is 6.03 Å². The molecule has 1 heterocycles. The van der Waals surface area contributed by atoms with E-state index in [4.69, 9.17) is 0 Å². The Morgan fingerprint density at radius 2 is 1.81 bits per heavy atom. The van der Waals surface area contributed by atoms with Crippen LogP contribution < -0.4 is 5.32 Å². The molecule has 0 saturated carbocycles. The van der Waals surface area contributed by atoms with Crippen LogP contribution in [0.2, 0.25) is 0 Å². The summed E-state index contributed by atoms with van der Waals surface area (Å²) in [5.41, 5.74) is 3.04. The number of phenolic OH excluding ortho intramolecular Hbond substituents is 2. The van der Waals surface area contributed by atoms with E-state index >= 15 is 0 Å². The van der Waals surface area contributed by atoms with Gasteiger partial charge in [0.2, 0.25) is 5.91 Å². The molecule has 1 saturated heterocycles. The van der Waals surface area contributed by atoms with Crippen molar-refractivity contribution in [1.82, 2.24) is 15.1 Å². The van der Waals surface area contributed by atoms with E-state index in [9.17, 15) is 19.8 Å². The highest BCUT2D eigenvalue weighted by Crippen LogP contribution is 2.32. The minimum Gasteiger partial charge on any atom is -0.508 e. The maximum Gasteiger partial charge on any atom is 0.318 e. The number of aryl methyl sites for hydroxylation is 1. The number of phenols is 2. The predicted molar refractivity (Wildman–Crippen MR) is 117 cm³/mol. The molecule has 2 aromatic rings.